The van der Waals surface area contributed by atoms with Crippen LogP contribution in [0.4, 0.5) is 18.9 Å². The van der Waals surface area contributed by atoms with E-state index in [-0.39, 0.29) is 47.9 Å². The van der Waals surface area contributed by atoms with Crippen LogP contribution in [-0.2, 0) is 20.6 Å². The van der Waals surface area contributed by atoms with E-state index in [1.165, 1.54) is 6.07 Å². The molecule has 170 valence electrons. The molecule has 2 bridgehead atoms. The number of amides is 3. The number of allylic oxidation sites excluding steroid dienone is 2. The van der Waals surface area contributed by atoms with E-state index in [4.69, 9.17) is 0 Å². The normalized spacial score (nSPS) is 29.7. The van der Waals surface area contributed by atoms with Gasteiger partial charge in [-0.25, -0.2) is 0 Å². The van der Waals surface area contributed by atoms with Gasteiger partial charge in [-0.2, -0.15) is 13.2 Å². The van der Waals surface area contributed by atoms with Gasteiger partial charge in [-0.1, -0.05) is 18.2 Å². The van der Waals surface area contributed by atoms with Crippen LogP contribution in [0.5, 0.6) is 0 Å². The van der Waals surface area contributed by atoms with E-state index < -0.39 is 11.7 Å². The van der Waals surface area contributed by atoms with E-state index in [1.807, 2.05) is 17.1 Å². The molecule has 4 atom stereocenters. The molecule has 3 fully saturated rings. The Kier molecular flexibility index (Phi) is 5.02. The molecule has 2 aliphatic heterocycles. The molecule has 1 aromatic carbocycles. The Morgan fingerprint density at radius 1 is 0.938 bits per heavy atom. The van der Waals surface area contributed by atoms with Crippen LogP contribution >= 0.6 is 0 Å². The average molecular weight is 447 g/mol. The molecule has 3 aliphatic carbocycles. The van der Waals surface area contributed by atoms with E-state index in [0.29, 0.717) is 31.9 Å². The highest BCUT2D eigenvalue weighted by molar-refractivity contribution is 6.08. The minimum atomic E-state index is -4.41. The van der Waals surface area contributed by atoms with Crippen LogP contribution in [0.25, 0.3) is 0 Å². The SMILES string of the molecule is O=C(CN1C(=O)C2C3C=CC(CC3)C2C1=O)N1CCN(c2cccc(C(F)(F)F)c2)CC1. The number of hydrogen-bond acceptors (Lipinski definition) is 4. The Hall–Kier alpha value is -2.84. The van der Waals surface area contributed by atoms with Crippen molar-refractivity contribution in [2.75, 3.05) is 37.6 Å². The van der Waals surface area contributed by atoms with Gasteiger partial charge in [0.25, 0.3) is 0 Å². The molecule has 2 heterocycles. The second-order valence-corrected chi connectivity index (χ2v) is 9.02. The number of anilines is 1. The number of rotatable bonds is 3. The predicted octanol–water partition coefficient (Wildman–Crippen LogP) is 2.55. The maximum Gasteiger partial charge on any atom is 0.416 e. The zero-order valence-corrected chi connectivity index (χ0v) is 17.4. The summed E-state index contributed by atoms with van der Waals surface area (Å²) >= 11 is 0. The van der Waals surface area contributed by atoms with E-state index in [1.54, 1.807) is 11.0 Å². The topological polar surface area (TPSA) is 60.9 Å². The first-order chi connectivity index (χ1) is 15.2. The summed E-state index contributed by atoms with van der Waals surface area (Å²) in [5, 5.41) is 0. The maximum absolute atomic E-state index is 13.0. The number of carbonyl (C=O) groups is 3. The molecule has 0 radical (unpaired) electrons. The smallest absolute Gasteiger partial charge is 0.368 e. The molecule has 6 nitrogen and oxygen atoms in total. The molecule has 2 saturated heterocycles. The summed E-state index contributed by atoms with van der Waals surface area (Å²) in [6.07, 6.45) is 1.48. The lowest BCUT2D eigenvalue weighted by atomic mass is 9.63. The van der Waals surface area contributed by atoms with Crippen molar-refractivity contribution in [2.45, 2.75) is 19.0 Å². The van der Waals surface area contributed by atoms with Crippen molar-refractivity contribution in [2.24, 2.45) is 23.7 Å². The van der Waals surface area contributed by atoms with Crippen LogP contribution in [0, 0.1) is 23.7 Å². The molecular formula is C23H24F3N3O3. The Bertz CT molecular complexity index is 952. The summed E-state index contributed by atoms with van der Waals surface area (Å²) in [6.45, 7) is 1.16. The highest BCUT2D eigenvalue weighted by Crippen LogP contribution is 2.49. The van der Waals surface area contributed by atoms with Gasteiger partial charge in [0.1, 0.15) is 6.54 Å². The summed E-state index contributed by atoms with van der Waals surface area (Å²) in [7, 11) is 0. The molecule has 1 saturated carbocycles. The molecule has 0 spiro atoms. The third-order valence-corrected chi connectivity index (χ3v) is 7.32. The van der Waals surface area contributed by atoms with Gasteiger partial charge in [0.05, 0.1) is 17.4 Å². The highest BCUT2D eigenvalue weighted by atomic mass is 19.4. The highest BCUT2D eigenvalue weighted by Gasteiger charge is 2.56. The Morgan fingerprint density at radius 3 is 2.06 bits per heavy atom. The van der Waals surface area contributed by atoms with Crippen LogP contribution in [0.3, 0.4) is 0 Å². The van der Waals surface area contributed by atoms with E-state index in [2.05, 4.69) is 0 Å². The molecule has 0 aromatic heterocycles. The Morgan fingerprint density at radius 2 is 1.53 bits per heavy atom. The van der Waals surface area contributed by atoms with Gasteiger partial charge >= 0.3 is 6.18 Å². The summed E-state index contributed by atoms with van der Waals surface area (Å²) in [5.41, 5.74) is -0.242. The number of imide groups is 1. The van der Waals surface area contributed by atoms with Crippen LogP contribution in [0.15, 0.2) is 36.4 Å². The minimum Gasteiger partial charge on any atom is -0.368 e. The number of nitrogens with zero attached hydrogens (tertiary/aromatic N) is 3. The molecule has 0 N–H and O–H groups in total. The van der Waals surface area contributed by atoms with Crippen molar-refractivity contribution < 1.29 is 27.6 Å². The first-order valence-electron chi connectivity index (χ1n) is 11.0. The van der Waals surface area contributed by atoms with Gasteiger partial charge in [0, 0.05) is 31.9 Å². The number of benzene rings is 1. The van der Waals surface area contributed by atoms with Crippen molar-refractivity contribution in [1.82, 2.24) is 9.80 Å². The molecule has 32 heavy (non-hydrogen) atoms. The van der Waals surface area contributed by atoms with Gasteiger partial charge in [-0.3, -0.25) is 19.3 Å². The lowest BCUT2D eigenvalue weighted by molar-refractivity contribution is -0.146. The number of alkyl halides is 3. The largest absolute Gasteiger partial charge is 0.416 e. The Balaban J connectivity index is 1.21. The fourth-order valence-corrected chi connectivity index (χ4v) is 5.62. The van der Waals surface area contributed by atoms with Gasteiger partial charge < -0.3 is 9.80 Å². The van der Waals surface area contributed by atoms with Gasteiger partial charge in [0.15, 0.2) is 0 Å². The third kappa shape index (κ3) is 3.47. The first kappa shape index (κ1) is 21.0. The van der Waals surface area contributed by atoms with Crippen molar-refractivity contribution >= 4 is 23.4 Å². The van der Waals surface area contributed by atoms with Crippen molar-refractivity contribution in [3.05, 3.63) is 42.0 Å². The van der Waals surface area contributed by atoms with Crippen LogP contribution in [0.1, 0.15) is 18.4 Å². The zero-order chi connectivity index (χ0) is 22.6. The van der Waals surface area contributed by atoms with Gasteiger partial charge in [-0.15, -0.1) is 0 Å². The predicted molar refractivity (Wildman–Crippen MR) is 109 cm³/mol. The summed E-state index contributed by atoms with van der Waals surface area (Å²) in [4.78, 5) is 43.2. The Labute approximate surface area is 183 Å². The van der Waals surface area contributed by atoms with E-state index in [9.17, 15) is 27.6 Å². The molecule has 4 unspecified atom stereocenters. The number of piperazine rings is 1. The average Bonchev–Trinajstić information content (AvgIpc) is 3.06. The maximum atomic E-state index is 13.0. The van der Waals surface area contributed by atoms with Gasteiger partial charge in [0.2, 0.25) is 17.7 Å². The quantitative estimate of drug-likeness (QED) is 0.528. The third-order valence-electron chi connectivity index (χ3n) is 7.32. The number of halogens is 3. The fraction of sp³-hybridized carbons (Fsp3) is 0.522. The van der Waals surface area contributed by atoms with Crippen LogP contribution < -0.4 is 4.90 Å². The second-order valence-electron chi connectivity index (χ2n) is 9.02. The van der Waals surface area contributed by atoms with Crippen molar-refractivity contribution in [3.63, 3.8) is 0 Å². The molecule has 1 aromatic rings. The first-order valence-corrected chi connectivity index (χ1v) is 11.0. The number of carbonyl (C=O) groups excluding carboxylic acids is 3. The van der Waals surface area contributed by atoms with Crippen molar-refractivity contribution in [3.8, 4) is 0 Å². The van der Waals surface area contributed by atoms with E-state index in [0.717, 1.165) is 29.9 Å². The zero-order valence-electron chi connectivity index (χ0n) is 17.4. The molecular weight excluding hydrogens is 423 g/mol. The standard InChI is InChI=1S/C23H24F3N3O3/c24-23(25,26)16-2-1-3-17(12-16)27-8-10-28(11-9-27)18(30)13-29-21(31)19-14-4-5-15(7-6-14)20(19)22(29)32/h1-5,12,14-15,19-20H,6-11,13H2. The van der Waals surface area contributed by atoms with Gasteiger partial charge in [-0.05, 0) is 42.9 Å². The molecule has 6 rings (SSSR count). The second kappa shape index (κ2) is 7.64. The number of likely N-dealkylation sites (tertiary alicyclic amines) is 1. The van der Waals surface area contributed by atoms with Crippen LogP contribution in [0.2, 0.25) is 0 Å². The van der Waals surface area contributed by atoms with E-state index >= 15 is 0 Å². The monoisotopic (exact) mass is 447 g/mol. The summed E-state index contributed by atoms with van der Waals surface area (Å²) in [5.74, 6) is -1.29. The summed E-state index contributed by atoms with van der Waals surface area (Å²) in [6, 6.07) is 5.15. The lowest BCUT2D eigenvalue weighted by Crippen LogP contribution is -2.52. The van der Waals surface area contributed by atoms with Crippen molar-refractivity contribution in [1.29, 1.82) is 0 Å². The molecule has 9 heteroatoms. The molecule has 3 amide bonds. The number of fused-ring (bicyclic) bond motifs is 1. The number of hydrogen-bond donors (Lipinski definition) is 0. The minimum absolute atomic E-state index is 0.0811. The summed E-state index contributed by atoms with van der Waals surface area (Å²) < 4.78 is 39.0. The fourth-order valence-electron chi connectivity index (χ4n) is 5.62. The lowest BCUT2D eigenvalue weighted by Gasteiger charge is -2.38. The molecule has 5 aliphatic rings. The van der Waals surface area contributed by atoms with Crippen LogP contribution in [-0.4, -0.2) is 60.2 Å².